The molecule has 9 heteroatoms. The molecule has 0 aliphatic carbocycles. The van der Waals surface area contributed by atoms with Crippen LogP contribution in [0.4, 0.5) is 17.6 Å². The van der Waals surface area contributed by atoms with Gasteiger partial charge in [0, 0.05) is 53.9 Å². The van der Waals surface area contributed by atoms with Gasteiger partial charge in [-0.05, 0) is 48.5 Å². The SMILES string of the molecule is Fc1ccc(-c2ccc(-c3ccc(-c4ccc(-c5ccc(F)cc5F)s4)c4nsnc34)s2)c(F)c1. The third-order valence-corrected chi connectivity index (χ3v) is 8.38. The summed E-state index contributed by atoms with van der Waals surface area (Å²) in [5, 5.41) is 0. The van der Waals surface area contributed by atoms with Crippen molar-refractivity contribution in [1.29, 1.82) is 0 Å². The van der Waals surface area contributed by atoms with Crippen molar-refractivity contribution in [2.24, 2.45) is 0 Å². The second kappa shape index (κ2) is 8.67. The number of thiophene rings is 2. The number of nitrogens with zero attached hydrogens (tertiary/aromatic N) is 2. The summed E-state index contributed by atoms with van der Waals surface area (Å²) >= 11 is 3.87. The molecule has 0 spiro atoms. The third kappa shape index (κ3) is 3.95. The highest BCUT2D eigenvalue weighted by Gasteiger charge is 2.18. The largest absolute Gasteiger partial charge is 0.207 e. The summed E-state index contributed by atoms with van der Waals surface area (Å²) in [6.07, 6.45) is 0. The van der Waals surface area contributed by atoms with Gasteiger partial charge in [-0.2, -0.15) is 8.75 Å². The molecule has 0 radical (unpaired) electrons. The quantitative estimate of drug-likeness (QED) is 0.215. The van der Waals surface area contributed by atoms with Crippen LogP contribution in [0.5, 0.6) is 0 Å². The van der Waals surface area contributed by atoms with Crippen LogP contribution in [0.15, 0.2) is 72.8 Å². The molecule has 0 fully saturated rings. The minimum absolute atomic E-state index is 0.339. The van der Waals surface area contributed by atoms with Gasteiger partial charge < -0.3 is 0 Å². The average molecular weight is 525 g/mol. The molecule has 0 bridgehead atoms. The normalized spacial score (nSPS) is 11.4. The first kappa shape index (κ1) is 22.1. The average Bonchev–Trinajstić information content (AvgIpc) is 3.59. The lowest BCUT2D eigenvalue weighted by Gasteiger charge is -2.04. The Labute approximate surface area is 209 Å². The highest BCUT2D eigenvalue weighted by Crippen LogP contribution is 2.43. The summed E-state index contributed by atoms with van der Waals surface area (Å²) in [5.41, 5.74) is 3.82. The maximum Gasteiger partial charge on any atom is 0.134 e. The summed E-state index contributed by atoms with van der Waals surface area (Å²) < 4.78 is 64.1. The maximum absolute atomic E-state index is 14.3. The molecule has 35 heavy (non-hydrogen) atoms. The van der Waals surface area contributed by atoms with Crippen LogP contribution in [0.2, 0.25) is 0 Å². The zero-order valence-electron chi connectivity index (χ0n) is 17.6. The van der Waals surface area contributed by atoms with Crippen LogP contribution in [-0.2, 0) is 0 Å². The Kier molecular flexibility index (Phi) is 5.47. The Morgan fingerprint density at radius 3 is 1.23 bits per heavy atom. The van der Waals surface area contributed by atoms with E-state index in [1.54, 1.807) is 12.1 Å². The molecule has 0 aliphatic heterocycles. The van der Waals surface area contributed by atoms with Crippen molar-refractivity contribution in [3.05, 3.63) is 96.1 Å². The van der Waals surface area contributed by atoms with Crippen LogP contribution in [0, 0.1) is 23.3 Å². The fraction of sp³-hybridized carbons (Fsp3) is 0. The lowest BCUT2D eigenvalue weighted by Crippen LogP contribution is -1.83. The Morgan fingerprint density at radius 2 is 0.829 bits per heavy atom. The van der Waals surface area contributed by atoms with Gasteiger partial charge in [0.05, 0.1) is 11.7 Å². The van der Waals surface area contributed by atoms with Crippen LogP contribution in [0.1, 0.15) is 0 Å². The fourth-order valence-corrected chi connectivity index (χ4v) is 6.59. The molecule has 3 aromatic carbocycles. The molecule has 0 unspecified atom stereocenters. The summed E-state index contributed by atoms with van der Waals surface area (Å²) in [6.45, 7) is 0. The number of aromatic nitrogens is 2. The molecule has 6 aromatic rings. The van der Waals surface area contributed by atoms with Gasteiger partial charge in [0.2, 0.25) is 0 Å². The minimum Gasteiger partial charge on any atom is -0.207 e. The van der Waals surface area contributed by atoms with Crippen molar-refractivity contribution in [3.63, 3.8) is 0 Å². The topological polar surface area (TPSA) is 25.8 Å². The molecular weight excluding hydrogens is 512 g/mol. The van der Waals surface area contributed by atoms with E-state index in [1.165, 1.54) is 46.9 Å². The Morgan fingerprint density at radius 1 is 0.457 bits per heavy atom. The summed E-state index contributed by atoms with van der Waals surface area (Å²) in [7, 11) is 0. The van der Waals surface area contributed by atoms with E-state index in [9.17, 15) is 17.6 Å². The van der Waals surface area contributed by atoms with E-state index in [-0.39, 0.29) is 0 Å². The molecule has 0 N–H and O–H groups in total. The molecule has 2 nitrogen and oxygen atoms in total. The predicted molar refractivity (Wildman–Crippen MR) is 135 cm³/mol. The summed E-state index contributed by atoms with van der Waals surface area (Å²) in [5.74, 6) is -2.46. The van der Waals surface area contributed by atoms with E-state index in [2.05, 4.69) is 8.75 Å². The summed E-state index contributed by atoms with van der Waals surface area (Å²) in [6, 6.07) is 18.3. The Hall–Kier alpha value is -3.40. The van der Waals surface area contributed by atoms with E-state index in [0.717, 1.165) is 44.7 Å². The second-order valence-corrected chi connectivity index (χ2v) is 10.4. The van der Waals surface area contributed by atoms with Crippen LogP contribution in [-0.4, -0.2) is 8.75 Å². The molecule has 0 atom stereocenters. The number of hydrogen-bond donors (Lipinski definition) is 0. The van der Waals surface area contributed by atoms with Gasteiger partial charge in [0.1, 0.15) is 34.3 Å². The second-order valence-electron chi connectivity index (χ2n) is 7.70. The zero-order valence-corrected chi connectivity index (χ0v) is 20.0. The van der Waals surface area contributed by atoms with Crippen molar-refractivity contribution >= 4 is 45.4 Å². The minimum atomic E-state index is -0.618. The fourth-order valence-electron chi connectivity index (χ4n) is 3.90. The maximum atomic E-state index is 14.3. The van der Waals surface area contributed by atoms with Crippen molar-refractivity contribution < 1.29 is 17.6 Å². The monoisotopic (exact) mass is 524 g/mol. The van der Waals surface area contributed by atoms with Gasteiger partial charge >= 0.3 is 0 Å². The van der Waals surface area contributed by atoms with Crippen LogP contribution in [0.25, 0.3) is 52.8 Å². The van der Waals surface area contributed by atoms with Gasteiger partial charge in [0.25, 0.3) is 0 Å². The number of benzene rings is 3. The van der Waals surface area contributed by atoms with Crippen molar-refractivity contribution in [2.45, 2.75) is 0 Å². The van der Waals surface area contributed by atoms with Gasteiger partial charge in [-0.3, -0.25) is 0 Å². The molecule has 0 amide bonds. The number of rotatable bonds is 4. The Balaban J connectivity index is 1.39. The van der Waals surface area contributed by atoms with Crippen LogP contribution >= 0.6 is 34.4 Å². The van der Waals surface area contributed by atoms with E-state index in [1.807, 2.05) is 24.3 Å². The molecule has 172 valence electrons. The molecule has 0 saturated carbocycles. The predicted octanol–water partition coefficient (Wildman–Crippen LogP) is 9.04. The molecule has 3 aromatic heterocycles. The van der Waals surface area contributed by atoms with E-state index in [0.29, 0.717) is 31.9 Å². The number of fused-ring (bicyclic) bond motifs is 1. The van der Waals surface area contributed by atoms with E-state index >= 15 is 0 Å². The van der Waals surface area contributed by atoms with Crippen LogP contribution < -0.4 is 0 Å². The lowest BCUT2D eigenvalue weighted by atomic mass is 10.1. The Bertz CT molecular complexity index is 1590. The zero-order chi connectivity index (χ0) is 24.1. The van der Waals surface area contributed by atoms with Crippen molar-refractivity contribution in [3.8, 4) is 41.8 Å². The highest BCUT2D eigenvalue weighted by atomic mass is 32.1. The highest BCUT2D eigenvalue weighted by molar-refractivity contribution is 7.19. The van der Waals surface area contributed by atoms with Crippen LogP contribution in [0.3, 0.4) is 0 Å². The van der Waals surface area contributed by atoms with Gasteiger partial charge in [0.15, 0.2) is 0 Å². The lowest BCUT2D eigenvalue weighted by molar-refractivity contribution is 0.585. The first-order valence-electron chi connectivity index (χ1n) is 10.3. The van der Waals surface area contributed by atoms with Gasteiger partial charge in [-0.1, -0.05) is 12.1 Å². The van der Waals surface area contributed by atoms with E-state index in [4.69, 9.17) is 0 Å². The smallest absolute Gasteiger partial charge is 0.134 e. The van der Waals surface area contributed by atoms with Gasteiger partial charge in [-0.15, -0.1) is 22.7 Å². The molecular formula is C26H12F4N2S3. The first-order chi connectivity index (χ1) is 17.0. The molecule has 6 rings (SSSR count). The number of halogens is 4. The van der Waals surface area contributed by atoms with Gasteiger partial charge in [-0.25, -0.2) is 17.6 Å². The standard InChI is InChI=1S/C26H12F4N2S3/c27-13-1-3-15(19(29)11-13)21-7-9-23(33-21)17-5-6-18(26-25(17)31-35-32-26)24-10-8-22(34-24)16-4-2-14(28)12-20(16)30/h1-12H. The molecule has 3 heterocycles. The molecule has 0 saturated heterocycles. The molecule has 0 aliphatic rings. The summed E-state index contributed by atoms with van der Waals surface area (Å²) in [4.78, 5) is 3.13. The first-order valence-corrected chi connectivity index (χ1v) is 12.7. The van der Waals surface area contributed by atoms with Crippen molar-refractivity contribution in [2.75, 3.05) is 0 Å². The van der Waals surface area contributed by atoms with E-state index < -0.39 is 23.3 Å². The third-order valence-electron chi connectivity index (χ3n) is 5.55. The number of hydrogen-bond acceptors (Lipinski definition) is 5. The van der Waals surface area contributed by atoms with Crippen molar-refractivity contribution in [1.82, 2.24) is 8.75 Å².